The van der Waals surface area contributed by atoms with E-state index in [9.17, 15) is 13.6 Å². The van der Waals surface area contributed by atoms with E-state index in [-0.39, 0.29) is 6.29 Å². The number of nitrogens with zero attached hydrogens (tertiary/aromatic N) is 1. The van der Waals surface area contributed by atoms with Crippen LogP contribution in [0.5, 0.6) is 0 Å². The molecule has 0 saturated heterocycles. The Labute approximate surface area is 81.1 Å². The lowest BCUT2D eigenvalue weighted by molar-refractivity contribution is 0.111. The maximum Gasteiger partial charge on any atom is 0.155 e. The molecule has 0 aliphatic carbocycles. The van der Waals surface area contributed by atoms with E-state index < -0.39 is 17.2 Å². The second kappa shape index (κ2) is 4.17. The monoisotopic (exact) mass is 199 g/mol. The van der Waals surface area contributed by atoms with E-state index >= 15 is 0 Å². The summed E-state index contributed by atoms with van der Waals surface area (Å²) in [7, 11) is 1.72. The van der Waals surface area contributed by atoms with Crippen LogP contribution < -0.4 is 4.90 Å². The lowest BCUT2D eigenvalue weighted by atomic mass is 10.2. The van der Waals surface area contributed by atoms with Crippen molar-refractivity contribution in [3.05, 3.63) is 29.3 Å². The van der Waals surface area contributed by atoms with E-state index in [1.54, 1.807) is 11.9 Å². The fourth-order valence-electron chi connectivity index (χ4n) is 1.09. The Hall–Kier alpha value is -1.45. The van der Waals surface area contributed by atoms with Gasteiger partial charge in [-0.3, -0.25) is 4.79 Å². The number of hydrogen-bond donors (Lipinski definition) is 0. The molecular weight excluding hydrogens is 188 g/mol. The minimum Gasteiger partial charge on any atom is -0.375 e. The number of hydrogen-bond acceptors (Lipinski definition) is 2. The maximum absolute atomic E-state index is 13.1. The highest BCUT2D eigenvalue weighted by molar-refractivity contribution is 5.76. The number of carbonyl (C=O) groups excluding carboxylic acids is 1. The van der Waals surface area contributed by atoms with Crippen LogP contribution in [-0.2, 0) is 0 Å². The van der Waals surface area contributed by atoms with Gasteiger partial charge in [0.1, 0.15) is 11.6 Å². The van der Waals surface area contributed by atoms with Crippen LogP contribution in [0.1, 0.15) is 17.3 Å². The summed E-state index contributed by atoms with van der Waals surface area (Å²) in [5, 5.41) is 0. The summed E-state index contributed by atoms with van der Waals surface area (Å²) in [5.74, 6) is -1.65. The highest BCUT2D eigenvalue weighted by Crippen LogP contribution is 2.19. The Morgan fingerprint density at radius 2 is 1.86 bits per heavy atom. The number of benzene rings is 1. The summed E-state index contributed by atoms with van der Waals surface area (Å²) in [5.41, 5.74) is -0.0913. The van der Waals surface area contributed by atoms with Crippen molar-refractivity contribution in [1.29, 1.82) is 0 Å². The van der Waals surface area contributed by atoms with Crippen molar-refractivity contribution in [2.45, 2.75) is 6.92 Å². The molecule has 1 aromatic carbocycles. The van der Waals surface area contributed by atoms with Crippen molar-refractivity contribution in [3.63, 3.8) is 0 Å². The molecule has 1 aromatic rings. The molecule has 0 amide bonds. The van der Waals surface area contributed by atoms with Gasteiger partial charge in [0.05, 0.1) is 5.56 Å². The second-order valence-corrected chi connectivity index (χ2v) is 2.96. The average Bonchev–Trinajstić information content (AvgIpc) is 2.16. The maximum atomic E-state index is 13.1. The van der Waals surface area contributed by atoms with E-state index in [1.807, 2.05) is 6.92 Å². The summed E-state index contributed by atoms with van der Waals surface area (Å²) in [6, 6.07) is 2.30. The van der Waals surface area contributed by atoms with Gasteiger partial charge in [0.15, 0.2) is 6.29 Å². The molecule has 0 spiro atoms. The van der Waals surface area contributed by atoms with Crippen LogP contribution in [-0.4, -0.2) is 19.9 Å². The van der Waals surface area contributed by atoms with Crippen LogP contribution in [0.15, 0.2) is 12.1 Å². The Balaban J connectivity index is 3.20. The van der Waals surface area contributed by atoms with Crippen LogP contribution in [0, 0.1) is 11.6 Å². The summed E-state index contributed by atoms with van der Waals surface area (Å²) in [6.45, 7) is 2.50. The summed E-state index contributed by atoms with van der Waals surface area (Å²) in [4.78, 5) is 12.0. The van der Waals surface area contributed by atoms with Crippen molar-refractivity contribution < 1.29 is 13.6 Å². The summed E-state index contributed by atoms with van der Waals surface area (Å²) < 4.78 is 26.2. The smallest absolute Gasteiger partial charge is 0.155 e. The molecule has 0 N–H and O–H groups in total. The Morgan fingerprint density at radius 1 is 1.36 bits per heavy atom. The van der Waals surface area contributed by atoms with Gasteiger partial charge in [-0.1, -0.05) is 0 Å². The van der Waals surface area contributed by atoms with Crippen LogP contribution in [0.3, 0.4) is 0 Å². The van der Waals surface area contributed by atoms with E-state index in [1.165, 1.54) is 0 Å². The fourth-order valence-corrected chi connectivity index (χ4v) is 1.09. The molecule has 2 nitrogen and oxygen atoms in total. The standard InChI is InChI=1S/C10H11F2NO/c1-3-13(2)7-4-9(11)8(6-14)10(12)5-7/h4-6H,3H2,1-2H3. The molecule has 0 aliphatic rings. The highest BCUT2D eigenvalue weighted by atomic mass is 19.1. The molecule has 76 valence electrons. The molecule has 0 aliphatic heterocycles. The van der Waals surface area contributed by atoms with Gasteiger partial charge in [0.25, 0.3) is 0 Å². The van der Waals surface area contributed by atoms with Gasteiger partial charge in [0.2, 0.25) is 0 Å². The molecule has 0 aromatic heterocycles. The van der Waals surface area contributed by atoms with E-state index in [0.717, 1.165) is 12.1 Å². The first-order chi connectivity index (χ1) is 6.60. The minimum atomic E-state index is -0.824. The lowest BCUT2D eigenvalue weighted by Gasteiger charge is -2.17. The third kappa shape index (κ3) is 1.89. The van der Waals surface area contributed by atoms with Crippen molar-refractivity contribution in [2.75, 3.05) is 18.5 Å². The van der Waals surface area contributed by atoms with Gasteiger partial charge < -0.3 is 4.90 Å². The number of carbonyl (C=O) groups is 1. The Morgan fingerprint density at radius 3 is 2.21 bits per heavy atom. The number of anilines is 1. The van der Waals surface area contributed by atoms with Gasteiger partial charge in [-0.05, 0) is 19.1 Å². The second-order valence-electron chi connectivity index (χ2n) is 2.96. The van der Waals surface area contributed by atoms with Crippen LogP contribution in [0.2, 0.25) is 0 Å². The number of halogens is 2. The van der Waals surface area contributed by atoms with E-state index in [4.69, 9.17) is 0 Å². The molecule has 0 unspecified atom stereocenters. The lowest BCUT2D eigenvalue weighted by Crippen LogP contribution is -2.16. The molecule has 0 saturated carbocycles. The van der Waals surface area contributed by atoms with Crippen LogP contribution >= 0.6 is 0 Å². The first-order valence-corrected chi connectivity index (χ1v) is 4.25. The minimum absolute atomic E-state index is 0.181. The first-order valence-electron chi connectivity index (χ1n) is 4.25. The zero-order valence-electron chi connectivity index (χ0n) is 8.05. The molecule has 0 atom stereocenters. The van der Waals surface area contributed by atoms with Gasteiger partial charge in [-0.25, -0.2) is 8.78 Å². The predicted molar refractivity (Wildman–Crippen MR) is 50.7 cm³/mol. The number of aldehydes is 1. The molecular formula is C10H11F2NO. The third-order valence-electron chi connectivity index (χ3n) is 2.10. The van der Waals surface area contributed by atoms with Crippen molar-refractivity contribution in [1.82, 2.24) is 0 Å². The zero-order chi connectivity index (χ0) is 10.7. The molecule has 4 heteroatoms. The zero-order valence-corrected chi connectivity index (χ0v) is 8.05. The van der Waals surface area contributed by atoms with Crippen LogP contribution in [0.4, 0.5) is 14.5 Å². The summed E-state index contributed by atoms with van der Waals surface area (Å²) >= 11 is 0. The SMILES string of the molecule is CCN(C)c1cc(F)c(C=O)c(F)c1. The Kier molecular flexibility index (Phi) is 3.17. The van der Waals surface area contributed by atoms with E-state index in [0.29, 0.717) is 12.2 Å². The molecule has 0 fully saturated rings. The largest absolute Gasteiger partial charge is 0.375 e. The molecule has 14 heavy (non-hydrogen) atoms. The van der Waals surface area contributed by atoms with Gasteiger partial charge in [-0.15, -0.1) is 0 Å². The molecule has 0 heterocycles. The predicted octanol–water partition coefficient (Wildman–Crippen LogP) is 2.23. The average molecular weight is 199 g/mol. The van der Waals surface area contributed by atoms with Crippen LogP contribution in [0.25, 0.3) is 0 Å². The molecule has 0 bridgehead atoms. The van der Waals surface area contributed by atoms with Gasteiger partial charge in [-0.2, -0.15) is 0 Å². The fraction of sp³-hybridized carbons (Fsp3) is 0.300. The molecule has 1 rings (SSSR count). The quantitative estimate of drug-likeness (QED) is 0.696. The van der Waals surface area contributed by atoms with Gasteiger partial charge in [0, 0.05) is 19.3 Å². The van der Waals surface area contributed by atoms with Crippen molar-refractivity contribution in [3.8, 4) is 0 Å². The van der Waals surface area contributed by atoms with E-state index in [2.05, 4.69) is 0 Å². The van der Waals surface area contributed by atoms with Gasteiger partial charge >= 0.3 is 0 Å². The molecule has 0 radical (unpaired) electrons. The Bertz CT molecular complexity index is 329. The third-order valence-corrected chi connectivity index (χ3v) is 2.10. The first kappa shape index (κ1) is 10.6. The summed E-state index contributed by atoms with van der Waals surface area (Å²) in [6.07, 6.45) is 0.181. The normalized spacial score (nSPS) is 10.0. The van der Waals surface area contributed by atoms with Crippen molar-refractivity contribution in [2.24, 2.45) is 0 Å². The number of rotatable bonds is 3. The topological polar surface area (TPSA) is 20.3 Å². The van der Waals surface area contributed by atoms with Crippen molar-refractivity contribution >= 4 is 12.0 Å². The highest BCUT2D eigenvalue weighted by Gasteiger charge is 2.11.